The summed E-state index contributed by atoms with van der Waals surface area (Å²) < 4.78 is 10.5. The van der Waals surface area contributed by atoms with E-state index in [-0.39, 0.29) is 5.69 Å². The van der Waals surface area contributed by atoms with Crippen molar-refractivity contribution in [2.45, 2.75) is 36.9 Å². The molecule has 10 heteroatoms. The zero-order chi connectivity index (χ0) is 20.7. The highest BCUT2D eigenvalue weighted by atomic mass is 16.7. The van der Waals surface area contributed by atoms with Crippen LogP contribution in [-0.2, 0) is 9.47 Å². The number of aliphatic hydroxyl groups excluding tert-OH is 4. The molecule has 6 atom stereocenters. The number of hydrogen-bond donors (Lipinski definition) is 4. The number of nitro benzene ring substituents is 1. The van der Waals surface area contributed by atoms with Gasteiger partial charge in [-0.25, -0.2) is 6.57 Å². The average Bonchev–Trinajstić information content (AvgIpc) is 2.70. The zero-order valence-corrected chi connectivity index (χ0v) is 14.6. The van der Waals surface area contributed by atoms with Crippen molar-refractivity contribution >= 4 is 11.8 Å². The van der Waals surface area contributed by atoms with Crippen molar-refractivity contribution in [3.05, 3.63) is 69.6 Å². The van der Waals surface area contributed by atoms with Gasteiger partial charge in [-0.3, -0.25) is 19.7 Å². The van der Waals surface area contributed by atoms with Gasteiger partial charge in [-0.1, -0.05) is 18.2 Å². The molecule has 28 heavy (non-hydrogen) atoms. The Morgan fingerprint density at radius 2 is 1.89 bits per heavy atom. The molecular weight excluding hydrogens is 372 g/mol. The van der Waals surface area contributed by atoms with Crippen LogP contribution in [0.25, 0.3) is 10.9 Å². The van der Waals surface area contributed by atoms with Gasteiger partial charge in [0.05, 0.1) is 11.5 Å². The molecule has 0 saturated carbocycles. The maximum absolute atomic E-state index is 10.6. The number of allylic oxidation sites excluding steroid dienone is 2. The highest BCUT2D eigenvalue weighted by Gasteiger charge is 2.45. The summed E-state index contributed by atoms with van der Waals surface area (Å²) in [5.41, 5.74) is 0.693. The minimum atomic E-state index is -1.59. The lowest BCUT2D eigenvalue weighted by molar-refractivity contribution is -0.384. The van der Waals surface area contributed by atoms with Crippen molar-refractivity contribution in [3.8, 4) is 0 Å². The zero-order valence-electron chi connectivity index (χ0n) is 14.6. The van der Waals surface area contributed by atoms with Crippen LogP contribution in [0.1, 0.15) is 5.56 Å². The molecule has 0 aromatic heterocycles. The molecule has 10 nitrogen and oxygen atoms in total. The molecule has 0 spiro atoms. The topological polar surface area (TPSA) is 147 Å². The Labute approximate surface area is 160 Å². The second-order valence-corrected chi connectivity index (χ2v) is 5.95. The molecule has 1 aromatic rings. The van der Waals surface area contributed by atoms with E-state index in [1.54, 1.807) is 24.3 Å². The molecule has 1 saturated heterocycles. The number of ether oxygens (including phenoxy) is 2. The second kappa shape index (κ2) is 10.0. The third-order valence-electron chi connectivity index (χ3n) is 4.03. The van der Waals surface area contributed by atoms with Gasteiger partial charge in [0.1, 0.15) is 24.4 Å². The van der Waals surface area contributed by atoms with Gasteiger partial charge in [0.15, 0.2) is 6.29 Å². The minimum Gasteiger partial charge on any atom is -0.394 e. The van der Waals surface area contributed by atoms with Crippen LogP contribution in [0.5, 0.6) is 0 Å². The summed E-state index contributed by atoms with van der Waals surface area (Å²) in [5.74, 6) is 0. The lowest BCUT2D eigenvalue weighted by Crippen LogP contribution is -2.59. The predicted octanol–water partition coefficient (Wildman–Crippen LogP) is 0.226. The molecule has 1 heterocycles. The smallest absolute Gasteiger partial charge is 0.350 e. The van der Waals surface area contributed by atoms with Crippen molar-refractivity contribution in [1.82, 2.24) is 0 Å². The molecule has 1 fully saturated rings. The Morgan fingerprint density at radius 3 is 2.46 bits per heavy atom. The summed E-state index contributed by atoms with van der Waals surface area (Å²) in [7, 11) is 0. The van der Waals surface area contributed by atoms with Crippen LogP contribution in [0.2, 0.25) is 0 Å². The van der Waals surface area contributed by atoms with Crippen LogP contribution in [0.4, 0.5) is 5.69 Å². The molecule has 1 aromatic carbocycles. The van der Waals surface area contributed by atoms with Gasteiger partial charge < -0.3 is 25.2 Å². The molecule has 6 unspecified atom stereocenters. The number of hydrogen-bond acceptors (Lipinski definition) is 8. The van der Waals surface area contributed by atoms with Gasteiger partial charge in [0, 0.05) is 18.2 Å². The maximum atomic E-state index is 10.6. The van der Waals surface area contributed by atoms with E-state index in [1.807, 2.05) is 0 Å². The molecule has 1 aliphatic heterocycles. The number of benzene rings is 1. The molecule has 0 radical (unpaired) electrons. The second-order valence-electron chi connectivity index (χ2n) is 5.95. The lowest BCUT2D eigenvalue weighted by atomic mass is 9.99. The summed E-state index contributed by atoms with van der Waals surface area (Å²) in [6.07, 6.45) is -2.23. The van der Waals surface area contributed by atoms with Crippen LogP contribution in [-0.4, -0.2) is 68.9 Å². The third-order valence-corrected chi connectivity index (χ3v) is 4.03. The Morgan fingerprint density at radius 1 is 1.21 bits per heavy atom. The Kier molecular flexibility index (Phi) is 7.77. The van der Waals surface area contributed by atoms with Gasteiger partial charge in [-0.05, 0) is 17.7 Å². The van der Waals surface area contributed by atoms with E-state index in [0.29, 0.717) is 5.56 Å². The number of rotatable bonds is 7. The largest absolute Gasteiger partial charge is 0.394 e. The van der Waals surface area contributed by atoms with Crippen molar-refractivity contribution in [2.75, 3.05) is 6.61 Å². The quantitative estimate of drug-likeness (QED) is 0.223. The van der Waals surface area contributed by atoms with E-state index >= 15 is 0 Å². The van der Waals surface area contributed by atoms with E-state index in [9.17, 15) is 25.4 Å². The van der Waals surface area contributed by atoms with Gasteiger partial charge in [0.25, 0.3) is 5.69 Å². The summed E-state index contributed by atoms with van der Waals surface area (Å²) >= 11 is 0. The van der Waals surface area contributed by atoms with Crippen molar-refractivity contribution in [2.24, 2.45) is 0 Å². The molecule has 0 aliphatic carbocycles. The first-order valence-electron chi connectivity index (χ1n) is 8.29. The molecule has 1 aliphatic rings. The summed E-state index contributed by atoms with van der Waals surface area (Å²) in [6.45, 7) is 6.56. The molecule has 150 valence electrons. The van der Waals surface area contributed by atoms with Crippen molar-refractivity contribution in [3.63, 3.8) is 0 Å². The monoisotopic (exact) mass is 392 g/mol. The Balaban J connectivity index is 1.96. The van der Waals surface area contributed by atoms with Crippen LogP contribution in [0.15, 0.2) is 42.5 Å². The highest BCUT2D eigenvalue weighted by molar-refractivity contribution is 5.53. The van der Waals surface area contributed by atoms with Gasteiger partial charge in [-0.15, -0.1) is 0 Å². The fourth-order valence-electron chi connectivity index (χ4n) is 2.47. The van der Waals surface area contributed by atoms with Gasteiger partial charge in [-0.2, -0.15) is 0 Å². The fraction of sp³-hybridized carbons (Fsp3) is 0.389. The number of nitrogens with zero attached hydrogens (tertiary/aromatic N) is 2. The van der Waals surface area contributed by atoms with E-state index in [2.05, 4.69) is 4.85 Å². The highest BCUT2D eigenvalue weighted by Crippen LogP contribution is 2.23. The molecule has 4 N–H and O–H groups in total. The summed E-state index contributed by atoms with van der Waals surface area (Å²) in [5, 5.41) is 49.1. The molecular formula is C18H20N2O8. The first-order chi connectivity index (χ1) is 13.4. The van der Waals surface area contributed by atoms with Crippen LogP contribution < -0.4 is 0 Å². The van der Waals surface area contributed by atoms with Crippen molar-refractivity contribution in [1.29, 1.82) is 0 Å². The Bertz CT molecular complexity index is 756. The predicted molar refractivity (Wildman–Crippen MR) is 96.5 cm³/mol. The van der Waals surface area contributed by atoms with E-state index < -0.39 is 48.5 Å². The van der Waals surface area contributed by atoms with Crippen LogP contribution in [0.3, 0.4) is 0 Å². The summed E-state index contributed by atoms with van der Waals surface area (Å²) in [4.78, 5) is 13.3. The first kappa shape index (κ1) is 21.6. The van der Waals surface area contributed by atoms with Crippen LogP contribution in [0, 0.1) is 16.7 Å². The van der Waals surface area contributed by atoms with Gasteiger partial charge in [0.2, 0.25) is 0 Å². The maximum Gasteiger partial charge on any atom is 0.350 e. The van der Waals surface area contributed by atoms with E-state index in [0.717, 1.165) is 0 Å². The van der Waals surface area contributed by atoms with E-state index in [4.69, 9.17) is 21.2 Å². The molecule has 0 bridgehead atoms. The number of non-ortho nitro benzene ring substituents is 1. The molecule has 0 amide bonds. The Hall–Kier alpha value is -2.65. The molecule has 2 rings (SSSR count). The van der Waals surface area contributed by atoms with Crippen LogP contribution >= 0.6 is 0 Å². The van der Waals surface area contributed by atoms with E-state index in [1.165, 1.54) is 24.3 Å². The standard InChI is InChI=1S/C18H20N2O8/c1-19-14(28-18-17(24)16(23)15(22)13(10-21)27-18)5-3-2-4-11-6-8-12(9-7-11)20(25)26/h2-9,13-18,21-24H,10H2. The summed E-state index contributed by atoms with van der Waals surface area (Å²) in [6, 6.07) is 5.87. The normalized spacial score (nSPS) is 29.0. The number of aliphatic hydroxyl groups is 4. The fourth-order valence-corrected chi connectivity index (χ4v) is 2.47. The van der Waals surface area contributed by atoms with Crippen molar-refractivity contribution < 1.29 is 34.8 Å². The third kappa shape index (κ3) is 5.43. The number of nitro groups is 1. The first-order valence-corrected chi connectivity index (χ1v) is 8.29. The lowest BCUT2D eigenvalue weighted by Gasteiger charge is -2.39. The van der Waals surface area contributed by atoms with Gasteiger partial charge >= 0.3 is 6.23 Å². The average molecular weight is 392 g/mol. The minimum absolute atomic E-state index is 0.0197. The SMILES string of the molecule is [C-]#[N+]C(C=CC=Cc1ccc([N+](=O)[O-])cc1)OC1OC(CO)C(O)C(O)C1O.